The lowest BCUT2D eigenvalue weighted by atomic mass is 9.47. The van der Waals surface area contributed by atoms with Gasteiger partial charge in [-0.25, -0.2) is 0 Å². The second kappa shape index (κ2) is 8.91. The molecule has 4 aliphatic carbocycles. The molecular formula is C27H36O6. The van der Waals surface area contributed by atoms with Crippen molar-refractivity contribution < 1.29 is 29.0 Å². The third-order valence-electron chi connectivity index (χ3n) is 9.29. The first-order valence-corrected chi connectivity index (χ1v) is 12.5. The van der Waals surface area contributed by atoms with Gasteiger partial charge >= 0.3 is 11.9 Å². The largest absolute Gasteiger partial charge is 0.465 e. The van der Waals surface area contributed by atoms with Crippen molar-refractivity contribution in [3.8, 4) is 12.3 Å². The number of hydrogen-bond donors (Lipinski definition) is 1. The van der Waals surface area contributed by atoms with Crippen LogP contribution in [0.2, 0.25) is 0 Å². The Morgan fingerprint density at radius 3 is 2.45 bits per heavy atom. The number of rotatable bonds is 5. The van der Waals surface area contributed by atoms with Crippen molar-refractivity contribution in [1.29, 1.82) is 0 Å². The summed E-state index contributed by atoms with van der Waals surface area (Å²) < 4.78 is 10.7. The number of allylic oxidation sites excluding steroid dienone is 1. The Bertz CT molecular complexity index is 881. The Hall–Kier alpha value is -2.13. The highest BCUT2D eigenvalue weighted by atomic mass is 16.6. The normalized spacial score (nSPS) is 39.6. The zero-order chi connectivity index (χ0) is 24.0. The van der Waals surface area contributed by atoms with Gasteiger partial charge in [0.1, 0.15) is 5.60 Å². The molecule has 3 saturated carbocycles. The van der Waals surface area contributed by atoms with Crippen molar-refractivity contribution in [3.63, 3.8) is 0 Å². The van der Waals surface area contributed by atoms with Gasteiger partial charge in [0, 0.05) is 11.8 Å². The van der Waals surface area contributed by atoms with Crippen LogP contribution in [-0.4, -0.2) is 41.6 Å². The van der Waals surface area contributed by atoms with Crippen LogP contribution in [0.1, 0.15) is 65.7 Å². The number of esters is 2. The second-order valence-electron chi connectivity index (χ2n) is 10.5. The molecule has 0 aromatic heterocycles. The van der Waals surface area contributed by atoms with Crippen LogP contribution in [0.3, 0.4) is 0 Å². The van der Waals surface area contributed by atoms with Crippen LogP contribution in [0.25, 0.3) is 0 Å². The number of fused-ring (bicyclic) bond motifs is 5. The molecule has 0 saturated heterocycles. The highest BCUT2D eigenvalue weighted by Gasteiger charge is 2.65. The summed E-state index contributed by atoms with van der Waals surface area (Å²) in [5, 5.41) is 11.3. The summed E-state index contributed by atoms with van der Waals surface area (Å²) in [6.45, 7) is 5.89. The number of terminal acetylenes is 1. The highest BCUT2D eigenvalue weighted by molar-refractivity contribution is 5.95. The van der Waals surface area contributed by atoms with Crippen LogP contribution in [0.5, 0.6) is 0 Å². The SMILES string of the molecule is C#C[C@]1(O)CCC2C3C(CC[C@@]21C)[C@H]1CCC(=O)C=C1C[C@H]3C(C(=O)OCC)C(=O)OCC. The Morgan fingerprint density at radius 1 is 1.18 bits per heavy atom. The molecule has 0 spiro atoms. The fourth-order valence-electron chi connectivity index (χ4n) is 7.79. The van der Waals surface area contributed by atoms with Gasteiger partial charge in [0.15, 0.2) is 11.7 Å². The quantitative estimate of drug-likeness (QED) is 0.387. The van der Waals surface area contributed by atoms with Crippen molar-refractivity contribution >= 4 is 17.7 Å². The first-order chi connectivity index (χ1) is 15.7. The number of carbonyl (C=O) groups is 3. The third-order valence-corrected chi connectivity index (χ3v) is 9.29. The highest BCUT2D eigenvalue weighted by Crippen LogP contribution is 2.66. The minimum absolute atomic E-state index is 0.0280. The molecule has 0 bridgehead atoms. The van der Waals surface area contributed by atoms with E-state index in [1.807, 2.05) is 0 Å². The molecule has 0 radical (unpaired) electrons. The van der Waals surface area contributed by atoms with Gasteiger partial charge in [-0.15, -0.1) is 6.42 Å². The lowest BCUT2D eigenvalue weighted by Crippen LogP contribution is -2.56. The Balaban J connectivity index is 1.81. The van der Waals surface area contributed by atoms with E-state index in [4.69, 9.17) is 15.9 Å². The lowest BCUT2D eigenvalue weighted by Gasteiger charge is -2.57. The number of carbonyl (C=O) groups excluding carboxylic acids is 3. The van der Waals surface area contributed by atoms with Crippen LogP contribution in [0.4, 0.5) is 0 Å². The van der Waals surface area contributed by atoms with Gasteiger partial charge in [0.25, 0.3) is 0 Å². The standard InChI is InChI=1S/C27H36O6/c1-5-27(31)13-11-21-22-19(10-12-26(21,27)4)18-9-8-17(28)14-16(18)15-20(22)23(24(29)32-6-2)25(30)33-7-3/h1,14,18-23,31H,6-13,15H2,2-4H3/t18-,19?,20+,21?,22?,26-,27-/m0/s1. The molecule has 0 aromatic rings. The number of ether oxygens (including phenoxy) is 2. The molecule has 1 N–H and O–H groups in total. The van der Waals surface area contributed by atoms with E-state index in [0.717, 1.165) is 31.3 Å². The minimum atomic E-state index is -1.19. The Labute approximate surface area is 196 Å². The van der Waals surface area contributed by atoms with E-state index >= 15 is 0 Å². The molecule has 3 unspecified atom stereocenters. The molecule has 0 heterocycles. The van der Waals surface area contributed by atoms with Crippen LogP contribution in [-0.2, 0) is 23.9 Å². The van der Waals surface area contributed by atoms with E-state index < -0.39 is 28.9 Å². The van der Waals surface area contributed by atoms with E-state index in [1.165, 1.54) is 0 Å². The van der Waals surface area contributed by atoms with Gasteiger partial charge in [-0.05, 0) is 88.0 Å². The monoisotopic (exact) mass is 456 g/mol. The summed E-state index contributed by atoms with van der Waals surface area (Å²) in [7, 11) is 0. The molecule has 180 valence electrons. The summed E-state index contributed by atoms with van der Waals surface area (Å²) in [6.07, 6.45) is 12.4. The fraction of sp³-hybridized carbons (Fsp3) is 0.741. The predicted molar refractivity (Wildman–Crippen MR) is 122 cm³/mol. The summed E-state index contributed by atoms with van der Waals surface area (Å²) in [5.74, 6) is 0.939. The summed E-state index contributed by atoms with van der Waals surface area (Å²) >= 11 is 0. The maximum Gasteiger partial charge on any atom is 0.320 e. The average molecular weight is 457 g/mol. The number of hydrogen-bond acceptors (Lipinski definition) is 6. The molecule has 6 heteroatoms. The van der Waals surface area contributed by atoms with Crippen molar-refractivity contribution in [1.82, 2.24) is 0 Å². The molecule has 0 aliphatic heterocycles. The van der Waals surface area contributed by atoms with Crippen LogP contribution in [0, 0.1) is 53.3 Å². The first-order valence-electron chi connectivity index (χ1n) is 12.5. The van der Waals surface area contributed by atoms with Crippen molar-refractivity contribution in [3.05, 3.63) is 11.6 Å². The van der Waals surface area contributed by atoms with Crippen molar-refractivity contribution in [2.75, 3.05) is 13.2 Å². The smallest absolute Gasteiger partial charge is 0.320 e. The lowest BCUT2D eigenvalue weighted by molar-refractivity contribution is -0.171. The van der Waals surface area contributed by atoms with Crippen LogP contribution < -0.4 is 0 Å². The van der Waals surface area contributed by atoms with Crippen molar-refractivity contribution in [2.24, 2.45) is 40.9 Å². The molecule has 33 heavy (non-hydrogen) atoms. The fourth-order valence-corrected chi connectivity index (χ4v) is 7.79. The van der Waals surface area contributed by atoms with Gasteiger partial charge in [-0.3, -0.25) is 14.4 Å². The molecule has 0 aromatic carbocycles. The Kier molecular flexibility index (Phi) is 6.48. The molecular weight excluding hydrogens is 420 g/mol. The maximum absolute atomic E-state index is 13.1. The van der Waals surface area contributed by atoms with Crippen LogP contribution >= 0.6 is 0 Å². The van der Waals surface area contributed by atoms with E-state index in [1.54, 1.807) is 19.9 Å². The van der Waals surface area contributed by atoms with E-state index in [-0.39, 0.29) is 48.6 Å². The topological polar surface area (TPSA) is 89.9 Å². The number of aliphatic hydroxyl groups is 1. The zero-order valence-corrected chi connectivity index (χ0v) is 20.0. The average Bonchev–Trinajstić information content (AvgIpc) is 3.05. The molecule has 4 aliphatic rings. The summed E-state index contributed by atoms with van der Waals surface area (Å²) in [4.78, 5) is 38.5. The minimum Gasteiger partial charge on any atom is -0.465 e. The molecule has 0 amide bonds. The van der Waals surface area contributed by atoms with Gasteiger partial charge in [-0.2, -0.15) is 0 Å². The van der Waals surface area contributed by atoms with E-state index in [9.17, 15) is 19.5 Å². The summed E-state index contributed by atoms with van der Waals surface area (Å²) in [6, 6.07) is 0. The van der Waals surface area contributed by atoms with Gasteiger partial charge in [0.05, 0.1) is 13.2 Å². The third kappa shape index (κ3) is 3.73. The molecule has 6 nitrogen and oxygen atoms in total. The van der Waals surface area contributed by atoms with Crippen molar-refractivity contribution in [2.45, 2.75) is 71.3 Å². The molecule has 4 rings (SSSR count). The van der Waals surface area contributed by atoms with Crippen LogP contribution in [0.15, 0.2) is 11.6 Å². The Morgan fingerprint density at radius 2 is 1.85 bits per heavy atom. The number of ketones is 1. The second-order valence-corrected chi connectivity index (χ2v) is 10.5. The first kappa shape index (κ1) is 24.0. The predicted octanol–water partition coefficient (Wildman–Crippen LogP) is 3.46. The molecule has 3 fully saturated rings. The van der Waals surface area contributed by atoms with Gasteiger partial charge in [-0.1, -0.05) is 18.4 Å². The van der Waals surface area contributed by atoms with Gasteiger partial charge < -0.3 is 14.6 Å². The van der Waals surface area contributed by atoms with E-state index in [2.05, 4.69) is 12.8 Å². The molecule has 7 atom stereocenters. The zero-order valence-electron chi connectivity index (χ0n) is 20.0. The summed E-state index contributed by atoms with van der Waals surface area (Å²) in [5.41, 5.74) is -0.597. The maximum atomic E-state index is 13.1. The van der Waals surface area contributed by atoms with Gasteiger partial charge in [0.2, 0.25) is 0 Å². The van der Waals surface area contributed by atoms with E-state index in [0.29, 0.717) is 19.3 Å².